The van der Waals surface area contributed by atoms with Gasteiger partial charge in [-0.15, -0.1) is 10.2 Å². The van der Waals surface area contributed by atoms with Gasteiger partial charge in [-0.3, -0.25) is 4.79 Å². The predicted octanol–water partition coefficient (Wildman–Crippen LogP) is 4.98. The molecule has 1 saturated heterocycles. The molecule has 5 rings (SSSR count). The van der Waals surface area contributed by atoms with Crippen LogP contribution in [0.1, 0.15) is 22.5 Å². The van der Waals surface area contributed by atoms with Crippen LogP contribution in [-0.2, 0) is 6.42 Å². The van der Waals surface area contributed by atoms with E-state index in [9.17, 15) is 4.79 Å². The van der Waals surface area contributed by atoms with E-state index >= 15 is 0 Å². The molecule has 4 aromatic rings. The van der Waals surface area contributed by atoms with E-state index in [-0.39, 0.29) is 5.91 Å². The number of fused-ring (bicyclic) bond motifs is 1. The van der Waals surface area contributed by atoms with Crippen LogP contribution < -0.4 is 19.9 Å². The summed E-state index contributed by atoms with van der Waals surface area (Å²) in [6.07, 6.45) is 1.78. The second-order valence-electron chi connectivity index (χ2n) is 9.05. The van der Waals surface area contributed by atoms with E-state index in [0.717, 1.165) is 67.0 Å². The fourth-order valence-corrected chi connectivity index (χ4v) is 4.95. The molecule has 1 aromatic heterocycles. The highest BCUT2D eigenvalue weighted by Gasteiger charge is 2.24. The molecule has 1 amide bonds. The van der Waals surface area contributed by atoms with Crippen LogP contribution in [0.5, 0.6) is 5.75 Å². The number of ether oxygens (including phenoxy) is 1. The van der Waals surface area contributed by atoms with Crippen LogP contribution >= 0.6 is 11.6 Å². The van der Waals surface area contributed by atoms with E-state index in [1.807, 2.05) is 60.7 Å². The zero-order valence-electron chi connectivity index (χ0n) is 20.9. The van der Waals surface area contributed by atoms with Gasteiger partial charge < -0.3 is 19.9 Å². The molecule has 3 aromatic carbocycles. The van der Waals surface area contributed by atoms with Crippen molar-refractivity contribution in [2.24, 2.45) is 0 Å². The van der Waals surface area contributed by atoms with Gasteiger partial charge in [0.25, 0.3) is 5.91 Å². The number of benzene rings is 3. The Hall–Kier alpha value is -3.84. The smallest absolute Gasteiger partial charge is 0.272 e. The quantitative estimate of drug-likeness (QED) is 0.334. The molecule has 1 N–H and O–H groups in total. The fraction of sp³-hybridized carbons (Fsp3) is 0.276. The molecule has 1 fully saturated rings. The molecular formula is C29H30ClN5O2. The maximum Gasteiger partial charge on any atom is 0.272 e. The molecule has 0 radical (unpaired) electrons. The van der Waals surface area contributed by atoms with Crippen LogP contribution in [0.4, 0.5) is 11.5 Å². The molecule has 0 atom stereocenters. The molecule has 0 aliphatic carbocycles. The zero-order chi connectivity index (χ0) is 25.6. The number of amides is 1. The maximum absolute atomic E-state index is 13.0. The van der Waals surface area contributed by atoms with Gasteiger partial charge in [0.15, 0.2) is 11.5 Å². The summed E-state index contributed by atoms with van der Waals surface area (Å²) in [6, 6.07) is 23.8. The van der Waals surface area contributed by atoms with Gasteiger partial charge in [0.05, 0.1) is 12.8 Å². The zero-order valence-corrected chi connectivity index (χ0v) is 21.6. The normalized spacial score (nSPS) is 13.6. The van der Waals surface area contributed by atoms with E-state index in [2.05, 4.69) is 37.4 Å². The molecule has 0 bridgehead atoms. The number of rotatable bonds is 8. The minimum atomic E-state index is -0.193. The Balaban J connectivity index is 1.27. The summed E-state index contributed by atoms with van der Waals surface area (Å²) < 4.78 is 5.54. The molecule has 7 nitrogen and oxygen atoms in total. The number of halogens is 1. The second kappa shape index (κ2) is 11.5. The highest BCUT2D eigenvalue weighted by molar-refractivity contribution is 6.31. The first-order valence-corrected chi connectivity index (χ1v) is 12.9. The molecule has 8 heteroatoms. The number of hydrogen-bond acceptors (Lipinski definition) is 6. The lowest BCUT2D eigenvalue weighted by molar-refractivity contribution is 0.0949. The summed E-state index contributed by atoms with van der Waals surface area (Å²) in [5.41, 5.74) is 2.62. The van der Waals surface area contributed by atoms with Crippen LogP contribution in [-0.4, -0.2) is 55.9 Å². The van der Waals surface area contributed by atoms with E-state index in [1.54, 1.807) is 7.11 Å². The van der Waals surface area contributed by atoms with Crippen molar-refractivity contribution in [2.45, 2.75) is 12.8 Å². The first-order valence-electron chi connectivity index (χ1n) is 12.5. The Morgan fingerprint density at radius 3 is 2.38 bits per heavy atom. The molecule has 2 heterocycles. The Kier molecular flexibility index (Phi) is 7.70. The number of piperazine rings is 1. The van der Waals surface area contributed by atoms with Crippen molar-refractivity contribution < 1.29 is 9.53 Å². The van der Waals surface area contributed by atoms with E-state index in [1.165, 1.54) is 5.56 Å². The highest BCUT2D eigenvalue weighted by Crippen LogP contribution is 2.33. The average Bonchev–Trinajstić information content (AvgIpc) is 2.95. The number of aromatic nitrogens is 2. The van der Waals surface area contributed by atoms with E-state index in [4.69, 9.17) is 16.3 Å². The van der Waals surface area contributed by atoms with Crippen molar-refractivity contribution in [3.63, 3.8) is 0 Å². The average molecular weight is 516 g/mol. The lowest BCUT2D eigenvalue weighted by atomic mass is 10.1. The summed E-state index contributed by atoms with van der Waals surface area (Å²) in [7, 11) is 1.67. The number of methoxy groups -OCH3 is 1. The Bertz CT molecular complexity index is 1370. The van der Waals surface area contributed by atoms with Crippen molar-refractivity contribution in [2.75, 3.05) is 49.6 Å². The van der Waals surface area contributed by atoms with Gasteiger partial charge in [0.1, 0.15) is 5.75 Å². The van der Waals surface area contributed by atoms with Crippen LogP contribution in [0.3, 0.4) is 0 Å². The van der Waals surface area contributed by atoms with Gasteiger partial charge >= 0.3 is 0 Å². The third-order valence-corrected chi connectivity index (χ3v) is 6.95. The predicted molar refractivity (Wildman–Crippen MR) is 149 cm³/mol. The minimum Gasteiger partial charge on any atom is -0.495 e. The van der Waals surface area contributed by atoms with Crippen molar-refractivity contribution in [3.05, 3.63) is 89.1 Å². The van der Waals surface area contributed by atoms with Crippen LogP contribution in [0, 0.1) is 0 Å². The first kappa shape index (κ1) is 24.8. The van der Waals surface area contributed by atoms with Crippen molar-refractivity contribution >= 4 is 39.8 Å². The molecule has 0 spiro atoms. The first-order chi connectivity index (χ1) is 18.1. The van der Waals surface area contributed by atoms with Gasteiger partial charge in [0, 0.05) is 48.5 Å². The third kappa shape index (κ3) is 5.62. The lowest BCUT2D eigenvalue weighted by Gasteiger charge is -2.37. The van der Waals surface area contributed by atoms with Crippen molar-refractivity contribution in [1.82, 2.24) is 15.5 Å². The number of nitrogens with zero attached hydrogens (tertiary/aromatic N) is 4. The number of nitrogens with one attached hydrogen (secondary N) is 1. The van der Waals surface area contributed by atoms with E-state index in [0.29, 0.717) is 17.3 Å². The third-order valence-electron chi connectivity index (χ3n) is 6.71. The summed E-state index contributed by atoms with van der Waals surface area (Å²) in [5.74, 6) is 1.41. The van der Waals surface area contributed by atoms with Crippen molar-refractivity contribution in [3.8, 4) is 5.75 Å². The molecule has 1 aliphatic rings. The Morgan fingerprint density at radius 2 is 1.62 bits per heavy atom. The Morgan fingerprint density at radius 1 is 0.919 bits per heavy atom. The largest absolute Gasteiger partial charge is 0.495 e. The molecular weight excluding hydrogens is 486 g/mol. The molecule has 0 saturated carbocycles. The summed E-state index contributed by atoms with van der Waals surface area (Å²) in [6.45, 7) is 3.69. The van der Waals surface area contributed by atoms with Crippen LogP contribution in [0.25, 0.3) is 10.8 Å². The van der Waals surface area contributed by atoms with Gasteiger partial charge in [0.2, 0.25) is 0 Å². The molecule has 0 unspecified atom stereocenters. The van der Waals surface area contributed by atoms with Crippen LogP contribution in [0.15, 0.2) is 72.8 Å². The second-order valence-corrected chi connectivity index (χ2v) is 9.49. The SMILES string of the molecule is COc1ccc(Cl)cc1N1CCN(c2nnc(C(=O)NCCCc3ccccc3)c3ccccc23)CC1. The number of aryl methyl sites for hydroxylation is 1. The summed E-state index contributed by atoms with van der Waals surface area (Å²) in [5, 5.41) is 14.3. The number of carbonyl (C=O) groups excluding carboxylic acids is 1. The standard InChI is InChI=1S/C29H30ClN5O2/c1-37-26-14-13-22(30)20-25(26)34-16-18-35(19-17-34)28-24-12-6-5-11-23(24)27(32-33-28)29(36)31-15-7-10-21-8-3-2-4-9-21/h2-6,8-9,11-14,20H,7,10,15-19H2,1H3,(H,31,36). The molecule has 1 aliphatic heterocycles. The maximum atomic E-state index is 13.0. The fourth-order valence-electron chi connectivity index (χ4n) is 4.78. The molecule has 190 valence electrons. The number of hydrogen-bond donors (Lipinski definition) is 1. The van der Waals surface area contributed by atoms with Gasteiger partial charge in [-0.2, -0.15) is 0 Å². The Labute approximate surface area is 222 Å². The number of anilines is 2. The summed E-state index contributed by atoms with van der Waals surface area (Å²) >= 11 is 6.25. The van der Waals surface area contributed by atoms with Gasteiger partial charge in [-0.1, -0.05) is 66.2 Å². The summed E-state index contributed by atoms with van der Waals surface area (Å²) in [4.78, 5) is 17.5. The topological polar surface area (TPSA) is 70.6 Å². The van der Waals surface area contributed by atoms with Gasteiger partial charge in [-0.25, -0.2) is 0 Å². The van der Waals surface area contributed by atoms with Crippen LogP contribution in [0.2, 0.25) is 5.02 Å². The van der Waals surface area contributed by atoms with Crippen molar-refractivity contribution in [1.29, 1.82) is 0 Å². The highest BCUT2D eigenvalue weighted by atomic mass is 35.5. The minimum absolute atomic E-state index is 0.193. The molecule has 37 heavy (non-hydrogen) atoms. The van der Waals surface area contributed by atoms with Gasteiger partial charge in [-0.05, 0) is 36.6 Å². The monoisotopic (exact) mass is 515 g/mol. The lowest BCUT2D eigenvalue weighted by Crippen LogP contribution is -2.47. The van der Waals surface area contributed by atoms with E-state index < -0.39 is 0 Å². The number of carbonyl (C=O) groups is 1.